The van der Waals surface area contributed by atoms with Crippen molar-refractivity contribution in [3.8, 4) is 0 Å². The van der Waals surface area contributed by atoms with Crippen molar-refractivity contribution in [1.82, 2.24) is 15.2 Å². The third-order valence-corrected chi connectivity index (χ3v) is 2.80. The van der Waals surface area contributed by atoms with Crippen molar-refractivity contribution in [3.63, 3.8) is 0 Å². The van der Waals surface area contributed by atoms with Gasteiger partial charge in [-0.1, -0.05) is 0 Å². The van der Waals surface area contributed by atoms with Crippen LogP contribution < -0.4 is 11.3 Å². The third-order valence-electron chi connectivity index (χ3n) is 2.80. The van der Waals surface area contributed by atoms with Crippen molar-refractivity contribution in [3.05, 3.63) is 0 Å². The third kappa shape index (κ3) is 1.90. The summed E-state index contributed by atoms with van der Waals surface area (Å²) < 4.78 is 0. The minimum atomic E-state index is -0.603. The van der Waals surface area contributed by atoms with Crippen LogP contribution in [0, 0.1) is 0 Å². The van der Waals surface area contributed by atoms with E-state index in [0.717, 1.165) is 6.54 Å². The molecule has 0 atom stereocenters. The first-order valence-electron chi connectivity index (χ1n) is 4.91. The van der Waals surface area contributed by atoms with Crippen molar-refractivity contribution in [1.29, 1.82) is 0 Å². The van der Waals surface area contributed by atoms with Gasteiger partial charge in [0.15, 0.2) is 0 Å². The first-order valence-corrected chi connectivity index (χ1v) is 4.91. The molecule has 15 heavy (non-hydrogen) atoms. The smallest absolute Gasteiger partial charge is 0.247 e. The minimum Gasteiger partial charge on any atom is -0.342 e. The van der Waals surface area contributed by atoms with E-state index in [0.29, 0.717) is 12.5 Å². The molecule has 1 rings (SSSR count). The average Bonchev–Trinajstić information content (AvgIpc) is 2.20. The molecular formula is C9H19N5O. The standard InChI is InChI=1S/C9H19N5O/c1-9(2)7(15)13(4)5-6-14(9)8(11-3)12-10/h5-6,10H2,1-4H3,(H,11,12). The van der Waals surface area contributed by atoms with E-state index in [2.05, 4.69) is 10.4 Å². The molecule has 6 nitrogen and oxygen atoms in total. The second-order valence-electron chi connectivity index (χ2n) is 4.13. The maximum atomic E-state index is 12.0. The average molecular weight is 213 g/mol. The van der Waals surface area contributed by atoms with E-state index in [-0.39, 0.29) is 5.91 Å². The molecule has 0 bridgehead atoms. The first kappa shape index (κ1) is 11.8. The number of carbonyl (C=O) groups is 1. The van der Waals surface area contributed by atoms with Crippen LogP contribution in [0.2, 0.25) is 0 Å². The number of hydrogen-bond donors (Lipinski definition) is 2. The molecule has 0 aliphatic carbocycles. The summed E-state index contributed by atoms with van der Waals surface area (Å²) in [5.41, 5.74) is 1.91. The number of nitrogens with zero attached hydrogens (tertiary/aromatic N) is 3. The van der Waals surface area contributed by atoms with E-state index in [1.54, 1.807) is 19.0 Å². The van der Waals surface area contributed by atoms with Gasteiger partial charge in [0.05, 0.1) is 0 Å². The molecule has 0 aromatic rings. The highest BCUT2D eigenvalue weighted by Gasteiger charge is 2.41. The van der Waals surface area contributed by atoms with Crippen molar-refractivity contribution < 1.29 is 4.79 Å². The van der Waals surface area contributed by atoms with Crippen LogP contribution in [0.5, 0.6) is 0 Å². The second-order valence-corrected chi connectivity index (χ2v) is 4.13. The molecule has 6 heteroatoms. The van der Waals surface area contributed by atoms with E-state index in [1.807, 2.05) is 18.7 Å². The van der Waals surface area contributed by atoms with Gasteiger partial charge in [-0.15, -0.1) is 0 Å². The molecule has 1 aliphatic rings. The highest BCUT2D eigenvalue weighted by atomic mass is 16.2. The number of aliphatic imine (C=N–C) groups is 1. The monoisotopic (exact) mass is 213 g/mol. The molecule has 1 saturated heterocycles. The van der Waals surface area contributed by atoms with Gasteiger partial charge >= 0.3 is 0 Å². The number of rotatable bonds is 0. The summed E-state index contributed by atoms with van der Waals surface area (Å²) in [6.07, 6.45) is 0. The van der Waals surface area contributed by atoms with Gasteiger partial charge in [-0.2, -0.15) is 0 Å². The lowest BCUT2D eigenvalue weighted by Gasteiger charge is -2.45. The number of hydrazine groups is 1. The Morgan fingerprint density at radius 1 is 1.53 bits per heavy atom. The van der Waals surface area contributed by atoms with E-state index in [4.69, 9.17) is 5.84 Å². The summed E-state index contributed by atoms with van der Waals surface area (Å²) in [4.78, 5) is 19.6. The van der Waals surface area contributed by atoms with Crippen LogP contribution in [-0.4, -0.2) is 54.4 Å². The molecule has 0 spiro atoms. The summed E-state index contributed by atoms with van der Waals surface area (Å²) in [6.45, 7) is 5.15. The zero-order chi connectivity index (χ0) is 11.6. The Bertz CT molecular complexity index is 286. The Morgan fingerprint density at radius 3 is 2.60 bits per heavy atom. The molecule has 1 fully saturated rings. The summed E-state index contributed by atoms with van der Waals surface area (Å²) in [7, 11) is 3.45. The number of amides is 1. The molecule has 0 unspecified atom stereocenters. The quantitative estimate of drug-likeness (QED) is 0.234. The fourth-order valence-electron chi connectivity index (χ4n) is 1.85. The Hall–Kier alpha value is -1.30. The lowest BCUT2D eigenvalue weighted by molar-refractivity contribution is -0.143. The molecule has 3 N–H and O–H groups in total. The number of guanidine groups is 1. The lowest BCUT2D eigenvalue weighted by atomic mass is 9.98. The maximum Gasteiger partial charge on any atom is 0.247 e. The van der Waals surface area contributed by atoms with Crippen LogP contribution >= 0.6 is 0 Å². The van der Waals surface area contributed by atoms with Crippen LogP contribution in [0.25, 0.3) is 0 Å². The van der Waals surface area contributed by atoms with E-state index in [9.17, 15) is 4.79 Å². The van der Waals surface area contributed by atoms with Crippen molar-refractivity contribution in [2.75, 3.05) is 27.2 Å². The molecular weight excluding hydrogens is 194 g/mol. The highest BCUT2D eigenvalue weighted by molar-refractivity contribution is 5.92. The van der Waals surface area contributed by atoms with E-state index < -0.39 is 5.54 Å². The normalized spacial score (nSPS) is 21.9. The van der Waals surface area contributed by atoms with Gasteiger partial charge in [0, 0.05) is 27.2 Å². The fraction of sp³-hybridized carbons (Fsp3) is 0.778. The Kier molecular flexibility index (Phi) is 3.18. The maximum absolute atomic E-state index is 12.0. The van der Waals surface area contributed by atoms with Crippen LogP contribution in [0.15, 0.2) is 4.99 Å². The predicted molar refractivity (Wildman–Crippen MR) is 59.1 cm³/mol. The largest absolute Gasteiger partial charge is 0.342 e. The van der Waals surface area contributed by atoms with Gasteiger partial charge in [0.1, 0.15) is 5.54 Å². The summed E-state index contributed by atoms with van der Waals surface area (Å²) in [5.74, 6) is 5.99. The Labute approximate surface area is 90.1 Å². The molecule has 1 amide bonds. The molecule has 1 aliphatic heterocycles. The van der Waals surface area contributed by atoms with Gasteiger partial charge in [-0.3, -0.25) is 15.2 Å². The van der Waals surface area contributed by atoms with Crippen LogP contribution in [0.3, 0.4) is 0 Å². The number of nitrogens with one attached hydrogen (secondary N) is 1. The molecule has 1 heterocycles. The molecule has 0 saturated carbocycles. The lowest BCUT2D eigenvalue weighted by Crippen LogP contribution is -2.66. The number of likely N-dealkylation sites (N-methyl/N-ethyl adjacent to an activating group) is 1. The van der Waals surface area contributed by atoms with Gasteiger partial charge < -0.3 is 9.80 Å². The number of nitrogens with two attached hydrogens (primary N) is 1. The SMILES string of the molecule is CN=C(NN)N1CCN(C)C(=O)C1(C)C. The summed E-state index contributed by atoms with van der Waals surface area (Å²) in [5, 5.41) is 0. The number of carbonyl (C=O) groups excluding carboxylic acids is 1. The summed E-state index contributed by atoms with van der Waals surface area (Å²) >= 11 is 0. The Morgan fingerprint density at radius 2 is 2.13 bits per heavy atom. The predicted octanol–water partition coefficient (Wildman–Crippen LogP) is -1.01. The minimum absolute atomic E-state index is 0.0742. The van der Waals surface area contributed by atoms with E-state index in [1.165, 1.54) is 0 Å². The van der Waals surface area contributed by atoms with Crippen molar-refractivity contribution >= 4 is 11.9 Å². The van der Waals surface area contributed by atoms with Crippen molar-refractivity contribution in [2.24, 2.45) is 10.8 Å². The molecule has 0 aromatic heterocycles. The van der Waals surface area contributed by atoms with Gasteiger partial charge in [0.2, 0.25) is 11.9 Å². The van der Waals surface area contributed by atoms with Crippen LogP contribution in [-0.2, 0) is 4.79 Å². The van der Waals surface area contributed by atoms with Crippen LogP contribution in [0.1, 0.15) is 13.8 Å². The van der Waals surface area contributed by atoms with Gasteiger partial charge in [-0.05, 0) is 13.8 Å². The fourth-order valence-corrected chi connectivity index (χ4v) is 1.85. The summed E-state index contributed by atoms with van der Waals surface area (Å²) in [6, 6.07) is 0. The first-order chi connectivity index (χ1) is 6.95. The van der Waals surface area contributed by atoms with Gasteiger partial charge in [0.25, 0.3) is 0 Å². The second kappa shape index (κ2) is 4.06. The zero-order valence-electron chi connectivity index (χ0n) is 9.74. The Balaban J connectivity index is 2.97. The molecule has 0 radical (unpaired) electrons. The van der Waals surface area contributed by atoms with Gasteiger partial charge in [-0.25, -0.2) is 5.84 Å². The molecule has 86 valence electrons. The number of piperazine rings is 1. The number of hydrogen-bond acceptors (Lipinski definition) is 3. The zero-order valence-corrected chi connectivity index (χ0v) is 9.74. The highest BCUT2D eigenvalue weighted by Crippen LogP contribution is 2.21. The van der Waals surface area contributed by atoms with Crippen LogP contribution in [0.4, 0.5) is 0 Å². The molecule has 0 aromatic carbocycles. The van der Waals surface area contributed by atoms with E-state index >= 15 is 0 Å². The van der Waals surface area contributed by atoms with Crippen molar-refractivity contribution in [2.45, 2.75) is 19.4 Å². The topological polar surface area (TPSA) is 74.0 Å².